The number of esters is 1. The highest BCUT2D eigenvalue weighted by Crippen LogP contribution is 2.14. The van der Waals surface area contributed by atoms with Crippen molar-refractivity contribution in [2.24, 2.45) is 5.92 Å². The molecule has 0 saturated carbocycles. The van der Waals surface area contributed by atoms with Crippen LogP contribution in [0.2, 0.25) is 0 Å². The van der Waals surface area contributed by atoms with Crippen molar-refractivity contribution in [2.45, 2.75) is 25.7 Å². The van der Waals surface area contributed by atoms with Gasteiger partial charge in [-0.25, -0.2) is 17.9 Å². The lowest BCUT2D eigenvalue weighted by atomic mass is 10.2. The molecule has 11 heteroatoms. The first-order chi connectivity index (χ1) is 12.6. The molecule has 10 nitrogen and oxygen atoms in total. The zero-order valence-electron chi connectivity index (χ0n) is 15.1. The van der Waals surface area contributed by atoms with Crippen molar-refractivity contribution in [3.8, 4) is 0 Å². The molecule has 0 saturated heterocycles. The van der Waals surface area contributed by atoms with E-state index >= 15 is 0 Å². The van der Waals surface area contributed by atoms with Crippen molar-refractivity contribution in [1.29, 1.82) is 0 Å². The van der Waals surface area contributed by atoms with Gasteiger partial charge in [0.25, 0.3) is 10.0 Å². The lowest BCUT2D eigenvalue weighted by Crippen LogP contribution is -2.43. The minimum Gasteiger partial charge on any atom is -0.459 e. The van der Waals surface area contributed by atoms with E-state index in [1.54, 1.807) is 11.6 Å². The Morgan fingerprint density at radius 2 is 1.59 bits per heavy atom. The van der Waals surface area contributed by atoms with Gasteiger partial charge in [0, 0.05) is 12.2 Å². The van der Waals surface area contributed by atoms with Crippen molar-refractivity contribution in [2.75, 3.05) is 18.5 Å². The number of sulfonamides is 1. The highest BCUT2D eigenvalue weighted by molar-refractivity contribution is 7.90. The van der Waals surface area contributed by atoms with Crippen molar-refractivity contribution in [3.05, 3.63) is 24.3 Å². The lowest BCUT2D eigenvalue weighted by molar-refractivity contribution is -0.152. The fourth-order valence-corrected chi connectivity index (χ4v) is 2.65. The molecule has 0 bridgehead atoms. The Morgan fingerprint density at radius 1 is 1.00 bits per heavy atom. The molecule has 3 N–H and O–H groups in total. The number of carbonyl (C=O) groups excluding carboxylic acids is 4. The quantitative estimate of drug-likeness (QED) is 0.442. The zero-order valence-corrected chi connectivity index (χ0v) is 15.9. The van der Waals surface area contributed by atoms with Crippen LogP contribution in [0.25, 0.3) is 0 Å². The third-order valence-corrected chi connectivity index (χ3v) is 4.33. The van der Waals surface area contributed by atoms with Gasteiger partial charge in [0.1, 0.15) is 0 Å². The van der Waals surface area contributed by atoms with Crippen LogP contribution in [-0.2, 0) is 33.9 Å². The molecule has 0 aliphatic heterocycles. The number of carbonyl (C=O) groups is 4. The van der Waals surface area contributed by atoms with Gasteiger partial charge < -0.3 is 15.4 Å². The normalized spacial score (nSPS) is 10.8. The van der Waals surface area contributed by atoms with E-state index in [4.69, 9.17) is 0 Å². The molecule has 0 aromatic heterocycles. The highest BCUT2D eigenvalue weighted by atomic mass is 32.2. The molecule has 0 unspecified atom stereocenters. The van der Waals surface area contributed by atoms with Gasteiger partial charge in [0.05, 0.1) is 11.5 Å². The summed E-state index contributed by atoms with van der Waals surface area (Å²) in [5.74, 6) is -4.37. The van der Waals surface area contributed by atoms with Gasteiger partial charge in [-0.3, -0.25) is 14.4 Å². The maximum atomic E-state index is 12.1. The Hall–Kier alpha value is -2.95. The molecule has 0 fully saturated rings. The molecule has 1 rings (SSSR count). The second-order valence-electron chi connectivity index (χ2n) is 5.74. The minimum absolute atomic E-state index is 0.0356. The Balaban J connectivity index is 2.76. The maximum absolute atomic E-state index is 12.1. The van der Waals surface area contributed by atoms with Crippen LogP contribution in [0.15, 0.2) is 29.2 Å². The molecule has 1 aromatic rings. The van der Waals surface area contributed by atoms with Crippen LogP contribution in [0.4, 0.5) is 5.69 Å². The van der Waals surface area contributed by atoms with Crippen LogP contribution in [0.1, 0.15) is 20.8 Å². The van der Waals surface area contributed by atoms with E-state index in [-0.39, 0.29) is 29.7 Å². The first-order valence-electron chi connectivity index (χ1n) is 8.00. The molecule has 27 heavy (non-hydrogen) atoms. The molecule has 0 aliphatic carbocycles. The number of hydrogen-bond acceptors (Lipinski definition) is 7. The van der Waals surface area contributed by atoms with Gasteiger partial charge in [-0.15, -0.1) is 0 Å². The molecule has 0 spiro atoms. The first kappa shape index (κ1) is 22.1. The van der Waals surface area contributed by atoms with E-state index in [0.29, 0.717) is 0 Å². The Bertz CT molecular complexity index is 817. The van der Waals surface area contributed by atoms with Crippen LogP contribution >= 0.6 is 0 Å². The summed E-state index contributed by atoms with van der Waals surface area (Å²) in [6, 6.07) is 4.63. The fraction of sp³-hybridized carbons (Fsp3) is 0.375. The summed E-state index contributed by atoms with van der Waals surface area (Å²) in [5, 5.41) is 4.53. The summed E-state index contributed by atoms with van der Waals surface area (Å²) in [6.45, 7) is 5.44. The number of ether oxygens (including phenoxy) is 1. The van der Waals surface area contributed by atoms with E-state index < -0.39 is 33.7 Å². The summed E-state index contributed by atoms with van der Waals surface area (Å²) < 4.78 is 30.5. The summed E-state index contributed by atoms with van der Waals surface area (Å²) in [7, 11) is -4.28. The van der Waals surface area contributed by atoms with Gasteiger partial charge >= 0.3 is 23.7 Å². The monoisotopic (exact) mass is 399 g/mol. The van der Waals surface area contributed by atoms with Crippen LogP contribution in [0.3, 0.4) is 0 Å². The van der Waals surface area contributed by atoms with Crippen LogP contribution in [0, 0.1) is 5.92 Å². The second kappa shape index (κ2) is 9.67. The van der Waals surface area contributed by atoms with E-state index in [0.717, 1.165) is 12.1 Å². The molecule has 0 atom stereocenters. The highest BCUT2D eigenvalue weighted by Gasteiger charge is 2.23. The lowest BCUT2D eigenvalue weighted by Gasteiger charge is -2.09. The maximum Gasteiger partial charge on any atom is 0.397 e. The number of benzene rings is 1. The molecular formula is C16H21N3O7S. The molecule has 3 amide bonds. The van der Waals surface area contributed by atoms with Crippen molar-refractivity contribution in [3.63, 3.8) is 0 Å². The minimum atomic E-state index is -4.28. The van der Waals surface area contributed by atoms with Crippen LogP contribution in [0.5, 0.6) is 0 Å². The second-order valence-corrected chi connectivity index (χ2v) is 7.42. The van der Waals surface area contributed by atoms with E-state index in [1.807, 2.05) is 13.8 Å². The largest absolute Gasteiger partial charge is 0.459 e. The van der Waals surface area contributed by atoms with E-state index in [9.17, 15) is 27.6 Å². The molecule has 0 heterocycles. The smallest absolute Gasteiger partial charge is 0.397 e. The molecule has 1 aromatic carbocycles. The first-order valence-corrected chi connectivity index (χ1v) is 9.48. The van der Waals surface area contributed by atoms with Gasteiger partial charge in [-0.2, -0.15) is 0 Å². The van der Waals surface area contributed by atoms with Gasteiger partial charge in [-0.1, -0.05) is 13.8 Å². The third kappa shape index (κ3) is 7.05. The van der Waals surface area contributed by atoms with Crippen LogP contribution in [-0.4, -0.2) is 45.3 Å². The van der Waals surface area contributed by atoms with Gasteiger partial charge in [-0.05, 0) is 37.1 Å². The zero-order chi connectivity index (χ0) is 20.6. The Labute approximate surface area is 156 Å². The SMILES string of the molecule is CCOC(=O)C(=O)Nc1ccc(S(=O)(=O)NC(=O)C(=O)NCC(C)C)cc1. The topological polar surface area (TPSA) is 148 Å². The number of nitrogens with one attached hydrogen (secondary N) is 3. The molecule has 148 valence electrons. The number of amides is 3. The predicted molar refractivity (Wildman–Crippen MR) is 94.9 cm³/mol. The average molecular weight is 399 g/mol. The molecule has 0 radical (unpaired) electrons. The van der Waals surface area contributed by atoms with Gasteiger partial charge in [0.2, 0.25) is 0 Å². The molecule has 0 aliphatic rings. The van der Waals surface area contributed by atoms with Crippen LogP contribution < -0.4 is 15.4 Å². The van der Waals surface area contributed by atoms with E-state index in [2.05, 4.69) is 15.4 Å². The number of rotatable bonds is 6. The predicted octanol–water partition coefficient (Wildman–Crippen LogP) is -0.235. The standard InChI is InChI=1S/C16H21N3O7S/c1-4-26-16(23)15(22)18-11-5-7-12(8-6-11)27(24,25)19-14(21)13(20)17-9-10(2)3/h5-8,10H,4,9H2,1-3H3,(H,17,20)(H,18,22)(H,19,21). The number of hydrogen-bond donors (Lipinski definition) is 3. The fourth-order valence-electron chi connectivity index (χ4n) is 1.70. The van der Waals surface area contributed by atoms with Crippen molar-refractivity contribution < 1.29 is 32.3 Å². The van der Waals surface area contributed by atoms with Crippen molar-refractivity contribution >= 4 is 39.4 Å². The summed E-state index contributed by atoms with van der Waals surface area (Å²) in [6.07, 6.45) is 0. The third-order valence-electron chi connectivity index (χ3n) is 2.99. The average Bonchev–Trinajstić information content (AvgIpc) is 2.59. The van der Waals surface area contributed by atoms with Crippen molar-refractivity contribution in [1.82, 2.24) is 10.0 Å². The van der Waals surface area contributed by atoms with E-state index in [1.165, 1.54) is 12.1 Å². The Morgan fingerprint density at radius 3 is 2.11 bits per heavy atom. The number of anilines is 1. The summed E-state index contributed by atoms with van der Waals surface area (Å²) in [5.41, 5.74) is 0.146. The summed E-state index contributed by atoms with van der Waals surface area (Å²) >= 11 is 0. The summed E-state index contributed by atoms with van der Waals surface area (Å²) in [4.78, 5) is 45.7. The van der Waals surface area contributed by atoms with Gasteiger partial charge in [0.15, 0.2) is 0 Å². The molecular weight excluding hydrogens is 378 g/mol. The Kier molecular flexibility index (Phi) is 7.91.